The number of rotatable bonds is 6. The predicted octanol–water partition coefficient (Wildman–Crippen LogP) is 4.95. The first-order valence-corrected chi connectivity index (χ1v) is 12.9. The van der Waals surface area contributed by atoms with E-state index >= 15 is 0 Å². The zero-order valence-electron chi connectivity index (χ0n) is 19.9. The Hall–Kier alpha value is -3.30. The maximum atomic E-state index is 14.0. The standard InChI is InChI=1S/C26H28FN3O4S/c1-17-8-6-9-18(2)24(17)28-26(31)21-11-7-15-30(16-21)35(32,33)25-19(3)29-34-23(25)14-13-20-10-4-5-12-22(20)27/h4-6,8-10,12-14,21H,7,11,15-16H2,1-3H3,(H,28,31)/b14-13+/t21-/m1/s1. The van der Waals surface area contributed by atoms with E-state index in [-0.39, 0.29) is 35.3 Å². The van der Waals surface area contributed by atoms with Gasteiger partial charge in [0.15, 0.2) is 10.7 Å². The molecule has 0 unspecified atom stereocenters. The minimum Gasteiger partial charge on any atom is -0.355 e. The Labute approximate surface area is 204 Å². The average Bonchev–Trinajstić information content (AvgIpc) is 3.22. The highest BCUT2D eigenvalue weighted by Crippen LogP contribution is 2.30. The molecule has 1 aromatic heterocycles. The van der Waals surface area contributed by atoms with Gasteiger partial charge in [-0.2, -0.15) is 4.31 Å². The molecule has 1 aliphatic rings. The third-order valence-electron chi connectivity index (χ3n) is 6.23. The number of sulfonamides is 1. The van der Waals surface area contributed by atoms with E-state index in [1.165, 1.54) is 22.5 Å². The van der Waals surface area contributed by atoms with E-state index in [2.05, 4.69) is 10.5 Å². The van der Waals surface area contributed by atoms with Gasteiger partial charge in [0.1, 0.15) is 11.5 Å². The van der Waals surface area contributed by atoms with Crippen molar-refractivity contribution in [3.63, 3.8) is 0 Å². The van der Waals surface area contributed by atoms with Gasteiger partial charge < -0.3 is 9.84 Å². The number of aromatic nitrogens is 1. The number of carbonyl (C=O) groups is 1. The highest BCUT2D eigenvalue weighted by atomic mass is 32.2. The van der Waals surface area contributed by atoms with Crippen molar-refractivity contribution in [3.8, 4) is 0 Å². The van der Waals surface area contributed by atoms with E-state index < -0.39 is 21.8 Å². The summed E-state index contributed by atoms with van der Waals surface area (Å²) in [6.07, 6.45) is 3.99. The van der Waals surface area contributed by atoms with Crippen LogP contribution in [0.3, 0.4) is 0 Å². The van der Waals surface area contributed by atoms with Crippen molar-refractivity contribution in [3.05, 3.63) is 76.4 Å². The summed E-state index contributed by atoms with van der Waals surface area (Å²) >= 11 is 0. The van der Waals surface area contributed by atoms with Gasteiger partial charge in [0.25, 0.3) is 0 Å². The quantitative estimate of drug-likeness (QED) is 0.520. The van der Waals surface area contributed by atoms with Crippen molar-refractivity contribution >= 4 is 33.8 Å². The van der Waals surface area contributed by atoms with Gasteiger partial charge in [0.2, 0.25) is 15.9 Å². The molecule has 1 fully saturated rings. The second kappa shape index (κ2) is 10.1. The molecule has 2 heterocycles. The van der Waals surface area contributed by atoms with Crippen molar-refractivity contribution in [1.29, 1.82) is 0 Å². The van der Waals surface area contributed by atoms with Crippen LogP contribution in [0.4, 0.5) is 10.1 Å². The highest BCUT2D eigenvalue weighted by molar-refractivity contribution is 7.89. The lowest BCUT2D eigenvalue weighted by Gasteiger charge is -2.31. The van der Waals surface area contributed by atoms with Crippen LogP contribution in [-0.2, 0) is 14.8 Å². The van der Waals surface area contributed by atoms with E-state index in [4.69, 9.17) is 4.52 Å². The largest absolute Gasteiger partial charge is 0.355 e. The zero-order chi connectivity index (χ0) is 25.2. The minimum absolute atomic E-state index is 0.0212. The number of hydrogen-bond donors (Lipinski definition) is 1. The number of para-hydroxylation sites is 1. The third kappa shape index (κ3) is 5.21. The molecule has 1 N–H and O–H groups in total. The van der Waals surface area contributed by atoms with E-state index in [0.29, 0.717) is 18.4 Å². The first-order valence-electron chi connectivity index (χ1n) is 11.4. The normalized spacial score (nSPS) is 17.1. The fourth-order valence-electron chi connectivity index (χ4n) is 4.32. The first-order chi connectivity index (χ1) is 16.7. The fraction of sp³-hybridized carbons (Fsp3) is 0.308. The molecular weight excluding hydrogens is 469 g/mol. The molecule has 0 aliphatic carbocycles. The number of piperidine rings is 1. The van der Waals surface area contributed by atoms with Gasteiger partial charge in [-0.1, -0.05) is 41.6 Å². The molecule has 0 bridgehead atoms. The van der Waals surface area contributed by atoms with Gasteiger partial charge in [-0.05, 0) is 63.0 Å². The molecule has 1 amide bonds. The van der Waals surface area contributed by atoms with Crippen LogP contribution in [0, 0.1) is 32.5 Å². The minimum atomic E-state index is -4.00. The van der Waals surface area contributed by atoms with Crippen LogP contribution < -0.4 is 5.32 Å². The van der Waals surface area contributed by atoms with Crippen LogP contribution in [0.15, 0.2) is 51.9 Å². The van der Waals surface area contributed by atoms with Crippen LogP contribution >= 0.6 is 0 Å². The van der Waals surface area contributed by atoms with Crippen LogP contribution in [0.2, 0.25) is 0 Å². The number of halogens is 1. The molecule has 4 rings (SSSR count). The second-order valence-corrected chi connectivity index (χ2v) is 10.6. The lowest BCUT2D eigenvalue weighted by Crippen LogP contribution is -2.44. The van der Waals surface area contributed by atoms with Crippen LogP contribution in [0.1, 0.15) is 41.0 Å². The summed E-state index contributed by atoms with van der Waals surface area (Å²) in [5, 5.41) is 6.82. The number of amides is 1. The number of carbonyl (C=O) groups excluding carboxylic acids is 1. The Bertz CT molecular complexity index is 1360. The van der Waals surface area contributed by atoms with Crippen LogP contribution in [0.5, 0.6) is 0 Å². The number of nitrogens with zero attached hydrogens (tertiary/aromatic N) is 2. The number of anilines is 1. The summed E-state index contributed by atoms with van der Waals surface area (Å²) in [7, 11) is -4.00. The van der Waals surface area contributed by atoms with Gasteiger partial charge >= 0.3 is 0 Å². The van der Waals surface area contributed by atoms with E-state index in [9.17, 15) is 17.6 Å². The molecule has 0 radical (unpaired) electrons. The van der Waals surface area contributed by atoms with Crippen molar-refractivity contribution in [2.75, 3.05) is 18.4 Å². The summed E-state index contributed by atoms with van der Waals surface area (Å²) in [5.41, 5.74) is 3.16. The summed E-state index contributed by atoms with van der Waals surface area (Å²) in [6, 6.07) is 11.9. The van der Waals surface area contributed by atoms with E-state index in [1.54, 1.807) is 25.1 Å². The number of aryl methyl sites for hydroxylation is 3. The lowest BCUT2D eigenvalue weighted by atomic mass is 9.98. The topological polar surface area (TPSA) is 92.5 Å². The number of hydrogen-bond acceptors (Lipinski definition) is 5. The third-order valence-corrected chi connectivity index (χ3v) is 8.26. The Morgan fingerprint density at radius 1 is 1.11 bits per heavy atom. The summed E-state index contributed by atoms with van der Waals surface area (Å²) in [4.78, 5) is 13.0. The van der Waals surface area contributed by atoms with Gasteiger partial charge in [-0.25, -0.2) is 12.8 Å². The number of benzene rings is 2. The lowest BCUT2D eigenvalue weighted by molar-refractivity contribution is -0.120. The van der Waals surface area contributed by atoms with Gasteiger partial charge in [-0.3, -0.25) is 4.79 Å². The molecule has 0 spiro atoms. The Balaban J connectivity index is 1.56. The molecule has 7 nitrogen and oxygen atoms in total. The maximum absolute atomic E-state index is 14.0. The molecule has 35 heavy (non-hydrogen) atoms. The average molecular weight is 498 g/mol. The van der Waals surface area contributed by atoms with Crippen molar-refractivity contribution < 1.29 is 22.1 Å². The van der Waals surface area contributed by atoms with E-state index in [1.807, 2.05) is 32.0 Å². The summed E-state index contributed by atoms with van der Waals surface area (Å²) < 4.78 is 47.7. The summed E-state index contributed by atoms with van der Waals surface area (Å²) in [5.74, 6) is -1.11. The van der Waals surface area contributed by atoms with Gasteiger partial charge in [-0.15, -0.1) is 0 Å². The predicted molar refractivity (Wildman–Crippen MR) is 133 cm³/mol. The Kier molecular flexibility index (Phi) is 7.18. The second-order valence-electron chi connectivity index (χ2n) is 8.77. The molecule has 1 saturated heterocycles. The first kappa shape index (κ1) is 24.8. The number of nitrogens with one attached hydrogen (secondary N) is 1. The maximum Gasteiger partial charge on any atom is 0.248 e. The van der Waals surface area contributed by atoms with Gasteiger partial charge in [0.05, 0.1) is 5.92 Å². The molecule has 1 atom stereocenters. The molecule has 9 heteroatoms. The molecule has 3 aromatic rings. The smallest absolute Gasteiger partial charge is 0.248 e. The fourth-order valence-corrected chi connectivity index (χ4v) is 6.09. The van der Waals surface area contributed by atoms with Crippen molar-refractivity contribution in [2.24, 2.45) is 5.92 Å². The molecule has 2 aromatic carbocycles. The molecule has 1 aliphatic heterocycles. The monoisotopic (exact) mass is 497 g/mol. The Morgan fingerprint density at radius 3 is 2.54 bits per heavy atom. The SMILES string of the molecule is Cc1cccc(C)c1NC(=O)[C@@H]1CCCN(S(=O)(=O)c2c(C)noc2/C=C/c2ccccc2F)C1. The zero-order valence-corrected chi connectivity index (χ0v) is 20.7. The molecular formula is C26H28FN3O4S. The van der Waals surface area contributed by atoms with Gasteiger partial charge in [0, 0.05) is 24.3 Å². The van der Waals surface area contributed by atoms with Crippen molar-refractivity contribution in [1.82, 2.24) is 9.46 Å². The Morgan fingerprint density at radius 2 is 1.83 bits per heavy atom. The van der Waals surface area contributed by atoms with E-state index in [0.717, 1.165) is 16.8 Å². The molecule has 184 valence electrons. The van der Waals surface area contributed by atoms with Crippen molar-refractivity contribution in [2.45, 2.75) is 38.5 Å². The van der Waals surface area contributed by atoms with Crippen LogP contribution in [0.25, 0.3) is 12.2 Å². The molecule has 0 saturated carbocycles. The van der Waals surface area contributed by atoms with Crippen LogP contribution in [-0.4, -0.2) is 36.9 Å². The summed E-state index contributed by atoms with van der Waals surface area (Å²) in [6.45, 7) is 5.74. The highest BCUT2D eigenvalue weighted by Gasteiger charge is 2.37.